The summed E-state index contributed by atoms with van der Waals surface area (Å²) in [5, 5.41) is 3.87. The van der Waals surface area contributed by atoms with Crippen LogP contribution in [-0.2, 0) is 4.79 Å². The van der Waals surface area contributed by atoms with Crippen LogP contribution in [0.2, 0.25) is 0 Å². The first-order chi connectivity index (χ1) is 9.20. The van der Waals surface area contributed by atoms with Gasteiger partial charge >= 0.3 is 0 Å². The van der Waals surface area contributed by atoms with E-state index in [4.69, 9.17) is 0 Å². The molecule has 0 aromatic heterocycles. The highest BCUT2D eigenvalue weighted by Gasteiger charge is 2.80. The Bertz CT molecular complexity index is 611. The zero-order chi connectivity index (χ0) is 12.8. The Hall–Kier alpha value is -1.15. The van der Waals surface area contributed by atoms with Gasteiger partial charge in [-0.15, -0.1) is 0 Å². The number of piperidine rings is 1. The van der Waals surface area contributed by atoms with E-state index >= 15 is 0 Å². The summed E-state index contributed by atoms with van der Waals surface area (Å²) < 4.78 is 0. The van der Waals surface area contributed by atoms with Crippen LogP contribution in [0.5, 0.6) is 0 Å². The number of hydrogen-bond donors (Lipinski definition) is 1. The summed E-state index contributed by atoms with van der Waals surface area (Å²) in [6.45, 7) is 3.41. The van der Waals surface area contributed by atoms with Crippen LogP contribution in [-0.4, -0.2) is 17.9 Å². The molecule has 2 heteroatoms. The molecule has 0 radical (unpaired) electrons. The summed E-state index contributed by atoms with van der Waals surface area (Å²) in [7, 11) is 0. The molecule has 0 aromatic carbocycles. The smallest absolute Gasteiger partial charge is 0.159 e. The molecule has 0 bridgehead atoms. The highest BCUT2D eigenvalue weighted by molar-refractivity contribution is 5.96. The Morgan fingerprint density at radius 2 is 2.26 bits per heavy atom. The van der Waals surface area contributed by atoms with E-state index in [-0.39, 0.29) is 11.0 Å². The second-order valence-corrected chi connectivity index (χ2v) is 7.04. The monoisotopic (exact) mass is 253 g/mol. The van der Waals surface area contributed by atoms with Gasteiger partial charge in [-0.1, -0.05) is 17.7 Å². The van der Waals surface area contributed by atoms with E-state index in [9.17, 15) is 4.79 Å². The highest BCUT2D eigenvalue weighted by atomic mass is 16.1. The number of fused-ring (bicyclic) bond motifs is 1. The van der Waals surface area contributed by atoms with Crippen molar-refractivity contribution in [3.8, 4) is 0 Å². The van der Waals surface area contributed by atoms with E-state index < -0.39 is 0 Å². The average Bonchev–Trinajstić information content (AvgIpc) is 2.75. The maximum absolute atomic E-state index is 11.8. The Labute approximate surface area is 113 Å². The van der Waals surface area contributed by atoms with Gasteiger partial charge < -0.3 is 5.32 Å². The van der Waals surface area contributed by atoms with Crippen LogP contribution in [0.25, 0.3) is 0 Å². The molecule has 98 valence electrons. The topological polar surface area (TPSA) is 29.1 Å². The summed E-state index contributed by atoms with van der Waals surface area (Å²) in [5.74, 6) is 1.78. The maximum Gasteiger partial charge on any atom is 0.159 e. The molecule has 4 atom stereocenters. The number of carbonyl (C=O) groups excluding carboxylic acids is 1. The molecule has 4 unspecified atom stereocenters. The van der Waals surface area contributed by atoms with E-state index in [1.165, 1.54) is 36.0 Å². The summed E-state index contributed by atoms with van der Waals surface area (Å²) in [4.78, 5) is 11.8. The Morgan fingerprint density at radius 3 is 3.16 bits per heavy atom. The van der Waals surface area contributed by atoms with Gasteiger partial charge in [0.15, 0.2) is 5.78 Å². The molecule has 0 aromatic rings. The molecule has 1 saturated carbocycles. The van der Waals surface area contributed by atoms with E-state index in [1.807, 2.05) is 0 Å². The van der Waals surface area contributed by atoms with Gasteiger partial charge in [0.2, 0.25) is 0 Å². The number of ketones is 1. The first-order valence-electron chi connectivity index (χ1n) is 7.57. The van der Waals surface area contributed by atoms with Crippen LogP contribution < -0.4 is 5.32 Å². The fourth-order valence-corrected chi connectivity index (χ4v) is 6.12. The van der Waals surface area contributed by atoms with Crippen molar-refractivity contribution in [3.05, 3.63) is 34.9 Å². The van der Waals surface area contributed by atoms with Crippen LogP contribution in [0.1, 0.15) is 32.6 Å². The summed E-state index contributed by atoms with van der Waals surface area (Å²) >= 11 is 0. The molecule has 2 fully saturated rings. The normalized spacial score (nSPS) is 49.5. The second-order valence-electron chi connectivity index (χ2n) is 7.04. The van der Waals surface area contributed by atoms with Gasteiger partial charge in [0.25, 0.3) is 0 Å². The van der Waals surface area contributed by atoms with E-state index in [2.05, 4.69) is 24.4 Å². The predicted molar refractivity (Wildman–Crippen MR) is 73.5 cm³/mol. The van der Waals surface area contributed by atoms with Crippen LogP contribution in [0, 0.1) is 17.3 Å². The SMILES string of the molecule is CC1=CC2C3CCCNC34C3=C(CC(=O)C=C3)C24C1. The second kappa shape index (κ2) is 2.95. The van der Waals surface area contributed by atoms with E-state index in [0.717, 1.165) is 12.5 Å². The Morgan fingerprint density at radius 1 is 1.37 bits per heavy atom. The first-order valence-corrected chi connectivity index (χ1v) is 7.57. The Kier molecular flexibility index (Phi) is 1.65. The van der Waals surface area contributed by atoms with E-state index in [0.29, 0.717) is 18.1 Å². The number of rotatable bonds is 0. The van der Waals surface area contributed by atoms with Crippen molar-refractivity contribution in [2.45, 2.75) is 38.1 Å². The summed E-state index contributed by atoms with van der Waals surface area (Å²) in [6.07, 6.45) is 11.0. The summed E-state index contributed by atoms with van der Waals surface area (Å²) in [5.41, 5.74) is 5.02. The lowest BCUT2D eigenvalue weighted by molar-refractivity contribution is -0.138. The van der Waals surface area contributed by atoms with Crippen LogP contribution in [0.3, 0.4) is 0 Å². The van der Waals surface area contributed by atoms with Crippen LogP contribution in [0.4, 0.5) is 0 Å². The minimum atomic E-state index is 0.233. The lowest BCUT2D eigenvalue weighted by atomic mass is 9.29. The largest absolute Gasteiger partial charge is 0.306 e. The Balaban J connectivity index is 1.71. The van der Waals surface area contributed by atoms with E-state index in [1.54, 1.807) is 6.08 Å². The standard InChI is InChI=1S/C17H19NO/c1-10-7-14-12-3-2-6-18-17(12)13-5-4-11(19)8-15(13)16(14,17)9-10/h4-5,7,12,14,18H,2-3,6,8-9H2,1H3. The molecule has 5 aliphatic rings. The zero-order valence-electron chi connectivity index (χ0n) is 11.3. The number of allylic oxidation sites excluding steroid dienone is 3. The number of hydrogen-bond acceptors (Lipinski definition) is 2. The minimum absolute atomic E-state index is 0.233. The third-order valence-electron chi connectivity index (χ3n) is 6.46. The lowest BCUT2D eigenvalue weighted by Gasteiger charge is -2.77. The molecular formula is C17H19NO. The van der Waals surface area contributed by atoms with Crippen molar-refractivity contribution in [1.29, 1.82) is 0 Å². The molecule has 1 saturated heterocycles. The third-order valence-corrected chi connectivity index (χ3v) is 6.46. The average molecular weight is 253 g/mol. The van der Waals surface area contributed by atoms with Crippen molar-refractivity contribution in [2.24, 2.45) is 17.3 Å². The molecule has 1 N–H and O–H groups in total. The van der Waals surface area contributed by atoms with Crippen LogP contribution >= 0.6 is 0 Å². The summed E-state index contributed by atoms with van der Waals surface area (Å²) in [6, 6.07) is 0. The minimum Gasteiger partial charge on any atom is -0.306 e. The van der Waals surface area contributed by atoms with Gasteiger partial charge in [-0.05, 0) is 61.8 Å². The molecule has 0 amide bonds. The third kappa shape index (κ3) is 0.857. The fraction of sp³-hybridized carbons (Fsp3) is 0.588. The molecule has 1 aliphatic heterocycles. The van der Waals surface area contributed by atoms with Gasteiger partial charge in [-0.3, -0.25) is 4.79 Å². The van der Waals surface area contributed by atoms with Gasteiger partial charge in [0, 0.05) is 11.8 Å². The molecule has 2 nitrogen and oxygen atoms in total. The van der Waals surface area contributed by atoms with Crippen molar-refractivity contribution >= 4 is 5.78 Å². The molecule has 4 aliphatic carbocycles. The van der Waals surface area contributed by atoms with Crippen LogP contribution in [0.15, 0.2) is 34.9 Å². The molecule has 19 heavy (non-hydrogen) atoms. The zero-order valence-corrected chi connectivity index (χ0v) is 11.3. The fourth-order valence-electron chi connectivity index (χ4n) is 6.12. The molecular weight excluding hydrogens is 234 g/mol. The molecule has 2 spiro atoms. The van der Waals surface area contributed by atoms with Crippen molar-refractivity contribution in [1.82, 2.24) is 5.32 Å². The maximum atomic E-state index is 11.8. The van der Waals surface area contributed by atoms with Crippen molar-refractivity contribution < 1.29 is 4.79 Å². The lowest BCUT2D eigenvalue weighted by Crippen LogP contribution is -2.83. The first kappa shape index (κ1) is 10.6. The predicted octanol–water partition coefficient (Wildman–Crippen LogP) is 2.53. The highest BCUT2D eigenvalue weighted by Crippen LogP contribution is 2.80. The van der Waals surface area contributed by atoms with Gasteiger partial charge in [-0.25, -0.2) is 0 Å². The number of carbonyl (C=O) groups is 1. The van der Waals surface area contributed by atoms with Crippen molar-refractivity contribution in [2.75, 3.05) is 6.54 Å². The van der Waals surface area contributed by atoms with Gasteiger partial charge in [-0.2, -0.15) is 0 Å². The quantitative estimate of drug-likeness (QED) is 0.672. The molecule has 5 rings (SSSR count). The van der Waals surface area contributed by atoms with Gasteiger partial charge in [0.05, 0.1) is 5.54 Å². The molecule has 1 heterocycles. The number of nitrogens with one attached hydrogen (secondary N) is 1. The van der Waals surface area contributed by atoms with Gasteiger partial charge in [0.1, 0.15) is 0 Å². The van der Waals surface area contributed by atoms with Crippen molar-refractivity contribution in [3.63, 3.8) is 0 Å².